The molecule has 0 atom stereocenters. The fourth-order valence-electron chi connectivity index (χ4n) is 2.12. The number of amides is 1. The first-order chi connectivity index (χ1) is 9.49. The van der Waals surface area contributed by atoms with Gasteiger partial charge in [-0.25, -0.2) is 0 Å². The lowest BCUT2D eigenvalue weighted by molar-refractivity contribution is -0.385. The topological polar surface area (TPSA) is 121 Å². The highest BCUT2D eigenvalue weighted by Gasteiger charge is 2.28. The summed E-state index contributed by atoms with van der Waals surface area (Å²) in [5.41, 5.74) is -0.692. The Morgan fingerprint density at radius 3 is 2.70 bits per heavy atom. The highest BCUT2D eigenvalue weighted by molar-refractivity contribution is 5.95. The van der Waals surface area contributed by atoms with Crippen LogP contribution in [-0.4, -0.2) is 39.3 Å². The van der Waals surface area contributed by atoms with E-state index in [1.54, 1.807) is 0 Å². The van der Waals surface area contributed by atoms with Crippen LogP contribution in [0.2, 0.25) is 0 Å². The number of carbonyl (C=O) groups excluding carboxylic acids is 1. The summed E-state index contributed by atoms with van der Waals surface area (Å²) in [5.74, 6) is -0.557. The third-order valence-electron chi connectivity index (χ3n) is 3.81. The molecule has 1 aromatic rings. The second-order valence-electron chi connectivity index (χ2n) is 4.75. The zero-order valence-corrected chi connectivity index (χ0v) is 11.7. The first-order valence-electron chi connectivity index (χ1n) is 6.56. The summed E-state index contributed by atoms with van der Waals surface area (Å²) in [7, 11) is 0. The van der Waals surface area contributed by atoms with E-state index in [-0.39, 0.29) is 23.4 Å². The average Bonchev–Trinajstić information content (AvgIpc) is 2.93. The standard InChI is InChI=1S/C12H20N4O4/c1-3-12(4-2,5-6-17)8-13-11(18)10-9(16(19)20)7-14-15-10/h7,17H,3-6,8H2,1-2H3,(H,13,18)(H,14,15). The van der Waals surface area contributed by atoms with Crippen LogP contribution in [0.25, 0.3) is 0 Å². The van der Waals surface area contributed by atoms with Crippen molar-refractivity contribution in [1.29, 1.82) is 0 Å². The Kier molecular flexibility index (Phi) is 5.63. The molecular weight excluding hydrogens is 264 g/mol. The molecule has 112 valence electrons. The van der Waals surface area contributed by atoms with Gasteiger partial charge in [0.15, 0.2) is 0 Å². The lowest BCUT2D eigenvalue weighted by atomic mass is 9.79. The van der Waals surface area contributed by atoms with Crippen molar-refractivity contribution in [2.24, 2.45) is 5.41 Å². The largest absolute Gasteiger partial charge is 0.396 e. The second-order valence-corrected chi connectivity index (χ2v) is 4.75. The van der Waals surface area contributed by atoms with Crippen LogP contribution >= 0.6 is 0 Å². The van der Waals surface area contributed by atoms with Crippen LogP contribution in [0.4, 0.5) is 5.69 Å². The van der Waals surface area contributed by atoms with Gasteiger partial charge in [0.1, 0.15) is 6.20 Å². The van der Waals surface area contributed by atoms with Gasteiger partial charge < -0.3 is 10.4 Å². The quantitative estimate of drug-likeness (QED) is 0.489. The van der Waals surface area contributed by atoms with E-state index in [4.69, 9.17) is 5.11 Å². The van der Waals surface area contributed by atoms with Crippen LogP contribution in [0.5, 0.6) is 0 Å². The van der Waals surface area contributed by atoms with Crippen molar-refractivity contribution in [3.63, 3.8) is 0 Å². The molecule has 0 bridgehead atoms. The maximum absolute atomic E-state index is 12.0. The SMILES string of the molecule is CCC(CC)(CCO)CNC(=O)c1[nH]ncc1[N+](=O)[O-]. The van der Waals surface area contributed by atoms with E-state index in [2.05, 4.69) is 15.5 Å². The average molecular weight is 284 g/mol. The molecule has 0 aliphatic rings. The number of H-pyrrole nitrogens is 1. The van der Waals surface area contributed by atoms with Crippen molar-refractivity contribution >= 4 is 11.6 Å². The van der Waals surface area contributed by atoms with Crippen LogP contribution < -0.4 is 5.32 Å². The molecule has 0 saturated carbocycles. The van der Waals surface area contributed by atoms with Gasteiger partial charge in [0.25, 0.3) is 5.91 Å². The van der Waals surface area contributed by atoms with E-state index in [9.17, 15) is 14.9 Å². The summed E-state index contributed by atoms with van der Waals surface area (Å²) >= 11 is 0. The summed E-state index contributed by atoms with van der Waals surface area (Å²) in [5, 5.41) is 28.4. The number of carbonyl (C=O) groups is 1. The maximum Gasteiger partial charge on any atom is 0.319 e. The van der Waals surface area contributed by atoms with Gasteiger partial charge in [0, 0.05) is 13.2 Å². The number of aromatic amines is 1. The van der Waals surface area contributed by atoms with E-state index in [1.165, 1.54) is 0 Å². The van der Waals surface area contributed by atoms with Gasteiger partial charge in [0.05, 0.1) is 4.92 Å². The van der Waals surface area contributed by atoms with Gasteiger partial charge in [-0.3, -0.25) is 20.0 Å². The molecule has 0 aliphatic carbocycles. The number of aliphatic hydroxyl groups excluding tert-OH is 1. The zero-order chi connectivity index (χ0) is 15.2. The van der Waals surface area contributed by atoms with E-state index in [1.807, 2.05) is 13.8 Å². The number of hydrogen-bond acceptors (Lipinski definition) is 5. The van der Waals surface area contributed by atoms with Crippen LogP contribution in [0.3, 0.4) is 0 Å². The molecule has 20 heavy (non-hydrogen) atoms. The normalized spacial score (nSPS) is 11.3. The third kappa shape index (κ3) is 3.53. The monoisotopic (exact) mass is 284 g/mol. The molecule has 1 amide bonds. The second kappa shape index (κ2) is 6.99. The predicted octanol–water partition coefficient (Wildman–Crippen LogP) is 1.24. The molecular formula is C12H20N4O4. The molecule has 0 radical (unpaired) electrons. The van der Waals surface area contributed by atoms with Crippen molar-refractivity contribution < 1.29 is 14.8 Å². The molecule has 0 saturated heterocycles. The summed E-state index contributed by atoms with van der Waals surface area (Å²) in [6, 6.07) is 0. The number of rotatable bonds is 8. The summed E-state index contributed by atoms with van der Waals surface area (Å²) in [6.07, 6.45) is 3.19. The van der Waals surface area contributed by atoms with Crippen LogP contribution in [-0.2, 0) is 0 Å². The Bertz CT molecular complexity index is 468. The molecule has 1 aromatic heterocycles. The van der Waals surface area contributed by atoms with Crippen LogP contribution in [0, 0.1) is 15.5 Å². The van der Waals surface area contributed by atoms with Gasteiger partial charge in [0.2, 0.25) is 5.69 Å². The number of aliphatic hydroxyl groups is 1. The summed E-state index contributed by atoms with van der Waals surface area (Å²) in [6.45, 7) is 4.38. The molecule has 0 fully saturated rings. The highest BCUT2D eigenvalue weighted by atomic mass is 16.6. The van der Waals surface area contributed by atoms with Crippen molar-refractivity contribution in [1.82, 2.24) is 15.5 Å². The fourth-order valence-corrected chi connectivity index (χ4v) is 2.12. The third-order valence-corrected chi connectivity index (χ3v) is 3.81. The molecule has 1 heterocycles. The molecule has 0 aromatic carbocycles. The number of hydrogen-bond donors (Lipinski definition) is 3. The first kappa shape index (κ1) is 16.1. The van der Waals surface area contributed by atoms with Gasteiger partial charge >= 0.3 is 5.69 Å². The minimum Gasteiger partial charge on any atom is -0.396 e. The number of nitrogens with zero attached hydrogens (tertiary/aromatic N) is 2. The molecule has 0 aliphatic heterocycles. The summed E-state index contributed by atoms with van der Waals surface area (Å²) in [4.78, 5) is 22.0. The van der Waals surface area contributed by atoms with E-state index in [0.717, 1.165) is 19.0 Å². The number of aromatic nitrogens is 2. The van der Waals surface area contributed by atoms with E-state index in [0.29, 0.717) is 13.0 Å². The Labute approximate surface area is 116 Å². The summed E-state index contributed by atoms with van der Waals surface area (Å²) < 4.78 is 0. The zero-order valence-electron chi connectivity index (χ0n) is 11.7. The lowest BCUT2D eigenvalue weighted by Crippen LogP contribution is -2.38. The highest BCUT2D eigenvalue weighted by Crippen LogP contribution is 2.29. The Morgan fingerprint density at radius 1 is 1.55 bits per heavy atom. The van der Waals surface area contributed by atoms with Crippen molar-refractivity contribution in [2.75, 3.05) is 13.2 Å². The van der Waals surface area contributed by atoms with Crippen molar-refractivity contribution in [2.45, 2.75) is 33.1 Å². The lowest BCUT2D eigenvalue weighted by Gasteiger charge is -2.31. The molecule has 3 N–H and O–H groups in total. The Morgan fingerprint density at radius 2 is 2.20 bits per heavy atom. The first-order valence-corrected chi connectivity index (χ1v) is 6.56. The Hall–Kier alpha value is -1.96. The maximum atomic E-state index is 12.0. The molecule has 0 spiro atoms. The van der Waals surface area contributed by atoms with Crippen LogP contribution in [0.15, 0.2) is 6.20 Å². The number of nitrogens with one attached hydrogen (secondary N) is 2. The minimum absolute atomic E-state index is 0.0434. The van der Waals surface area contributed by atoms with E-state index >= 15 is 0 Å². The van der Waals surface area contributed by atoms with Crippen molar-refractivity contribution in [3.8, 4) is 0 Å². The van der Waals surface area contributed by atoms with E-state index < -0.39 is 10.8 Å². The molecule has 8 nitrogen and oxygen atoms in total. The molecule has 8 heteroatoms. The fraction of sp³-hybridized carbons (Fsp3) is 0.667. The van der Waals surface area contributed by atoms with Gasteiger partial charge in [-0.15, -0.1) is 0 Å². The van der Waals surface area contributed by atoms with Gasteiger partial charge in [-0.05, 0) is 24.7 Å². The predicted molar refractivity (Wildman–Crippen MR) is 72.3 cm³/mol. The molecule has 1 rings (SSSR count). The van der Waals surface area contributed by atoms with Gasteiger partial charge in [-0.2, -0.15) is 5.10 Å². The smallest absolute Gasteiger partial charge is 0.319 e. The van der Waals surface area contributed by atoms with Crippen molar-refractivity contribution in [3.05, 3.63) is 22.0 Å². The Balaban J connectivity index is 2.75. The minimum atomic E-state index is -0.654. The van der Waals surface area contributed by atoms with Crippen LogP contribution in [0.1, 0.15) is 43.6 Å². The molecule has 0 unspecified atom stereocenters. The number of nitro groups is 1. The van der Waals surface area contributed by atoms with Gasteiger partial charge in [-0.1, -0.05) is 13.8 Å².